The normalized spacial score (nSPS) is 13.9. The fourth-order valence-electron chi connectivity index (χ4n) is 0.537. The molecule has 0 rings (SSSR count). The molecule has 0 aliphatic heterocycles. The molecule has 0 unspecified atom stereocenters. The van der Waals surface area contributed by atoms with Gasteiger partial charge in [0.15, 0.2) is 4.87 Å². The Morgan fingerprint density at radius 3 is 2.27 bits per heavy atom. The topological polar surface area (TPSA) is 130 Å². The van der Waals surface area contributed by atoms with Gasteiger partial charge in [0.05, 0.1) is 6.61 Å². The second-order valence-electron chi connectivity index (χ2n) is 3.26. The summed E-state index contributed by atoms with van der Waals surface area (Å²) in [4.78, 5) is 9.24. The van der Waals surface area contributed by atoms with Crippen LogP contribution in [-0.2, 0) is 14.9 Å². The zero-order valence-electron chi connectivity index (χ0n) is 9.89. The van der Waals surface area contributed by atoms with Gasteiger partial charge in [-0.1, -0.05) is 0 Å². The number of rotatable bonds is 4. The quantitative estimate of drug-likeness (QED) is 0.292. The van der Waals surface area contributed by atoms with Crippen molar-refractivity contribution in [1.29, 1.82) is 0 Å². The Balaban J connectivity index is -0.000000845. The van der Waals surface area contributed by atoms with Crippen molar-refractivity contribution in [2.45, 2.75) is 24.8 Å². The smallest absolute Gasteiger partial charge is 1.00 e. The average Bonchev–Trinajstić information content (AvgIpc) is 2.00. The van der Waals surface area contributed by atoms with E-state index < -0.39 is 33.5 Å². The summed E-state index contributed by atoms with van der Waals surface area (Å²) in [5.74, 6) is -0.852. The fourth-order valence-corrected chi connectivity index (χ4v) is 0.766. The van der Waals surface area contributed by atoms with E-state index in [4.69, 9.17) is 15.4 Å². The molecule has 0 heterocycles. The maximum absolute atomic E-state index is 11.1. The minimum Gasteiger partial charge on any atom is -1.00 e. The summed E-state index contributed by atoms with van der Waals surface area (Å²) in [6.45, 7) is 1.60. The van der Waals surface area contributed by atoms with Crippen molar-refractivity contribution in [3.8, 4) is 0 Å². The summed E-state index contributed by atoms with van der Waals surface area (Å²) in [5.41, 5.74) is 5.13. The van der Waals surface area contributed by atoms with Crippen molar-refractivity contribution in [2.75, 3.05) is 6.61 Å². The van der Waals surface area contributed by atoms with Gasteiger partial charge in [-0.2, -0.15) is 8.42 Å². The van der Waals surface area contributed by atoms with Crippen LogP contribution < -0.4 is 40.6 Å². The molecule has 0 aromatic carbocycles. The first-order valence-corrected chi connectivity index (χ1v) is 5.21. The van der Waals surface area contributed by atoms with E-state index >= 15 is 0 Å². The predicted molar refractivity (Wildman–Crippen MR) is 49.9 cm³/mol. The molecule has 0 aliphatic carbocycles. The summed E-state index contributed by atoms with van der Waals surface area (Å²) >= 11 is 0. The molecular weight excluding hydrogens is 235 g/mol. The molecule has 15 heavy (non-hydrogen) atoms. The summed E-state index contributed by atoms with van der Waals surface area (Å²) in [7, 11) is -4.41. The van der Waals surface area contributed by atoms with E-state index in [-0.39, 0.29) is 31.0 Å². The van der Waals surface area contributed by atoms with Gasteiger partial charge in [-0.25, -0.2) is 0 Å². The molecule has 7 nitrogen and oxygen atoms in total. The summed E-state index contributed by atoms with van der Waals surface area (Å²) < 4.78 is 30.2. The Labute approximate surface area is 112 Å². The van der Waals surface area contributed by atoms with Gasteiger partial charge < -0.3 is 17.6 Å². The van der Waals surface area contributed by atoms with Gasteiger partial charge in [0.25, 0.3) is 10.1 Å². The average molecular weight is 250 g/mol. The molecule has 86 valence electrons. The van der Waals surface area contributed by atoms with Crippen LogP contribution in [0, 0.1) is 0 Å². The second-order valence-corrected chi connectivity index (χ2v) is 5.23. The number of hydrogen-bond acceptors (Lipinski definition) is 5. The Hall–Kier alpha value is 0.300. The van der Waals surface area contributed by atoms with Gasteiger partial charge in [0.2, 0.25) is 5.91 Å². The number of carbonyl (C=O) groups excluding carboxylic acids is 1. The Morgan fingerprint density at radius 1 is 1.60 bits per heavy atom. The van der Waals surface area contributed by atoms with Crippen molar-refractivity contribution in [3.63, 3.8) is 0 Å². The van der Waals surface area contributed by atoms with E-state index in [1.165, 1.54) is 0 Å². The van der Waals surface area contributed by atoms with Crippen molar-refractivity contribution in [2.24, 2.45) is 5.73 Å². The van der Waals surface area contributed by atoms with Gasteiger partial charge in [-0.3, -0.25) is 9.35 Å². The standard InChI is InChI=1S/C6H14N2O5S.Na.H/c1-6(2,14(11,12)13)8-5(10)4(7)3-9;;/h4,9H,3,7H2,1-2H3,(H,8,10)(H,11,12,13);;/q;+1;-1/t4-;;/m0../s1. The SMILES string of the molecule is CC(C)(NC(=O)[C@@H](N)CO)S(=O)(=O)O.[H-].[Na+]. The molecule has 0 aromatic rings. The first kappa shape index (κ1) is 17.7. The number of carbonyl (C=O) groups is 1. The molecule has 1 atom stereocenters. The largest absolute Gasteiger partial charge is 1.00 e. The van der Waals surface area contributed by atoms with E-state index in [0.717, 1.165) is 13.8 Å². The maximum atomic E-state index is 11.1. The van der Waals surface area contributed by atoms with Crippen LogP contribution in [-0.4, -0.2) is 41.5 Å². The fraction of sp³-hybridized carbons (Fsp3) is 0.833. The monoisotopic (exact) mass is 250 g/mol. The predicted octanol–water partition coefficient (Wildman–Crippen LogP) is -4.84. The van der Waals surface area contributed by atoms with E-state index in [0.29, 0.717) is 0 Å². The van der Waals surface area contributed by atoms with Crippen LogP contribution in [0.2, 0.25) is 0 Å². The third-order valence-corrected chi connectivity index (χ3v) is 2.99. The van der Waals surface area contributed by atoms with Crippen LogP contribution >= 0.6 is 0 Å². The Morgan fingerprint density at radius 2 is 2.00 bits per heavy atom. The molecule has 1 amide bonds. The summed E-state index contributed by atoms with van der Waals surface area (Å²) in [6, 6.07) is -1.21. The maximum Gasteiger partial charge on any atom is 1.00 e. The first-order chi connectivity index (χ1) is 6.12. The number of nitrogens with two attached hydrogens (primary N) is 1. The van der Waals surface area contributed by atoms with E-state index in [1.807, 2.05) is 5.32 Å². The molecule has 9 heteroatoms. The van der Waals surface area contributed by atoms with Crippen molar-refractivity contribution in [3.05, 3.63) is 0 Å². The molecule has 0 saturated carbocycles. The van der Waals surface area contributed by atoms with E-state index in [9.17, 15) is 13.2 Å². The van der Waals surface area contributed by atoms with Crippen LogP contribution in [0.3, 0.4) is 0 Å². The number of aliphatic hydroxyl groups excluding tert-OH is 1. The molecule has 0 aromatic heterocycles. The van der Waals surface area contributed by atoms with Crippen LogP contribution in [0.25, 0.3) is 0 Å². The van der Waals surface area contributed by atoms with E-state index in [1.54, 1.807) is 0 Å². The first-order valence-electron chi connectivity index (χ1n) is 3.77. The minimum atomic E-state index is -4.41. The molecule has 5 N–H and O–H groups in total. The summed E-state index contributed by atoms with van der Waals surface area (Å²) in [6.07, 6.45) is 0. The minimum absolute atomic E-state index is 0. The second kappa shape index (κ2) is 6.14. The Kier molecular flexibility index (Phi) is 7.24. The third-order valence-electron chi connectivity index (χ3n) is 1.60. The molecular formula is C6H15N2NaO5S. The Bertz CT molecular complexity index is 321. The van der Waals surface area contributed by atoms with Crippen LogP contribution in [0.15, 0.2) is 0 Å². The van der Waals surface area contributed by atoms with Crippen LogP contribution in [0.4, 0.5) is 0 Å². The molecule has 0 fully saturated rings. The van der Waals surface area contributed by atoms with Gasteiger partial charge in [0.1, 0.15) is 6.04 Å². The third kappa shape index (κ3) is 5.25. The van der Waals surface area contributed by atoms with Crippen molar-refractivity contribution < 1.29 is 53.9 Å². The number of aliphatic hydroxyl groups is 1. The van der Waals surface area contributed by atoms with Crippen LogP contribution in [0.5, 0.6) is 0 Å². The van der Waals surface area contributed by atoms with Crippen molar-refractivity contribution in [1.82, 2.24) is 5.32 Å². The van der Waals surface area contributed by atoms with E-state index in [2.05, 4.69) is 0 Å². The summed E-state index contributed by atoms with van der Waals surface area (Å²) in [5, 5.41) is 10.5. The number of amides is 1. The molecule has 0 bridgehead atoms. The van der Waals surface area contributed by atoms with Gasteiger partial charge in [-0.15, -0.1) is 0 Å². The number of hydrogen-bond donors (Lipinski definition) is 4. The zero-order valence-corrected chi connectivity index (χ0v) is 11.7. The van der Waals surface area contributed by atoms with Gasteiger partial charge in [0, 0.05) is 0 Å². The molecule has 0 spiro atoms. The number of nitrogens with one attached hydrogen (secondary N) is 1. The zero-order chi connectivity index (χ0) is 11.6. The van der Waals surface area contributed by atoms with Gasteiger partial charge in [-0.05, 0) is 13.8 Å². The van der Waals surface area contributed by atoms with Gasteiger partial charge >= 0.3 is 29.6 Å². The molecule has 0 aliphatic rings. The molecule has 0 saturated heterocycles. The van der Waals surface area contributed by atoms with Crippen molar-refractivity contribution >= 4 is 16.0 Å². The molecule has 0 radical (unpaired) electrons. The van der Waals surface area contributed by atoms with Crippen LogP contribution in [0.1, 0.15) is 15.3 Å².